The van der Waals surface area contributed by atoms with Gasteiger partial charge in [-0.05, 0) is 36.2 Å². The zero-order chi connectivity index (χ0) is 22.1. The number of halogens is 3. The Kier molecular flexibility index (Phi) is 5.01. The fourth-order valence-electron chi connectivity index (χ4n) is 3.72. The lowest BCUT2D eigenvalue weighted by Crippen LogP contribution is -2.08. The summed E-state index contributed by atoms with van der Waals surface area (Å²) >= 11 is 0. The van der Waals surface area contributed by atoms with Crippen molar-refractivity contribution in [2.24, 2.45) is 0 Å². The van der Waals surface area contributed by atoms with Gasteiger partial charge in [-0.2, -0.15) is 18.3 Å². The van der Waals surface area contributed by atoms with E-state index in [1.807, 2.05) is 35.0 Å². The number of hydrogen-bond acceptors (Lipinski definition) is 4. The van der Waals surface area contributed by atoms with E-state index < -0.39 is 11.7 Å². The average molecular weight is 436 g/mol. The third-order valence-electron chi connectivity index (χ3n) is 5.32. The number of anilines is 1. The van der Waals surface area contributed by atoms with E-state index in [4.69, 9.17) is 4.98 Å². The summed E-state index contributed by atoms with van der Waals surface area (Å²) in [6, 6.07) is 12.8. The number of rotatable bonds is 6. The van der Waals surface area contributed by atoms with Gasteiger partial charge in [0.25, 0.3) is 0 Å². The van der Waals surface area contributed by atoms with Gasteiger partial charge < -0.3 is 9.88 Å². The van der Waals surface area contributed by atoms with Crippen LogP contribution in [0.3, 0.4) is 0 Å². The SMILES string of the molecule is FC(F)(F)c1ccc(-c2cnn3c2nc(NCCCn2ccnc2)c2ccccc23)cc1. The molecule has 0 saturated carbocycles. The largest absolute Gasteiger partial charge is 0.416 e. The number of alkyl halides is 3. The van der Waals surface area contributed by atoms with Gasteiger partial charge in [0.2, 0.25) is 0 Å². The monoisotopic (exact) mass is 436 g/mol. The van der Waals surface area contributed by atoms with Crippen molar-refractivity contribution in [3.63, 3.8) is 0 Å². The first-order valence-corrected chi connectivity index (χ1v) is 10.1. The number of para-hydroxylation sites is 1. The fraction of sp³-hybridized carbons (Fsp3) is 0.174. The van der Waals surface area contributed by atoms with Crippen LogP contribution in [0.5, 0.6) is 0 Å². The maximum Gasteiger partial charge on any atom is 0.416 e. The summed E-state index contributed by atoms with van der Waals surface area (Å²) in [4.78, 5) is 8.84. The normalized spacial score (nSPS) is 12.0. The molecule has 0 aliphatic carbocycles. The number of aromatic nitrogens is 5. The van der Waals surface area contributed by atoms with Crippen LogP contribution >= 0.6 is 0 Å². The van der Waals surface area contributed by atoms with Crippen molar-refractivity contribution in [1.82, 2.24) is 24.1 Å². The van der Waals surface area contributed by atoms with Crippen molar-refractivity contribution in [2.75, 3.05) is 11.9 Å². The Hall–Kier alpha value is -3.88. The summed E-state index contributed by atoms with van der Waals surface area (Å²) in [6.45, 7) is 1.53. The minimum absolute atomic E-state index is 0.584. The van der Waals surface area contributed by atoms with Crippen LogP contribution in [0.4, 0.5) is 19.0 Å². The quantitative estimate of drug-likeness (QED) is 0.369. The van der Waals surface area contributed by atoms with Crippen LogP contribution in [0.1, 0.15) is 12.0 Å². The smallest absolute Gasteiger partial charge is 0.369 e. The highest BCUT2D eigenvalue weighted by molar-refractivity contribution is 5.93. The van der Waals surface area contributed by atoms with Gasteiger partial charge in [0.05, 0.1) is 23.6 Å². The predicted molar refractivity (Wildman–Crippen MR) is 116 cm³/mol. The molecule has 0 atom stereocenters. The first-order chi connectivity index (χ1) is 15.5. The van der Waals surface area contributed by atoms with E-state index in [2.05, 4.69) is 15.4 Å². The second-order valence-electron chi connectivity index (χ2n) is 7.43. The van der Waals surface area contributed by atoms with Gasteiger partial charge in [0.1, 0.15) is 5.82 Å². The third kappa shape index (κ3) is 3.77. The Balaban J connectivity index is 1.49. The number of nitrogens with zero attached hydrogens (tertiary/aromatic N) is 5. The zero-order valence-corrected chi connectivity index (χ0v) is 16.9. The van der Waals surface area contributed by atoms with Gasteiger partial charge in [-0.15, -0.1) is 0 Å². The minimum Gasteiger partial charge on any atom is -0.369 e. The Morgan fingerprint density at radius 3 is 2.56 bits per heavy atom. The van der Waals surface area contributed by atoms with Crippen molar-refractivity contribution < 1.29 is 13.2 Å². The molecule has 5 aromatic rings. The Bertz CT molecular complexity index is 1350. The highest BCUT2D eigenvalue weighted by Gasteiger charge is 2.30. The maximum atomic E-state index is 12.9. The standard InChI is InChI=1S/C23H19F3N6/c24-23(25,26)17-8-6-16(7-9-17)19-14-29-32-20-5-2-1-4-18(20)21(30-22(19)32)28-10-3-12-31-13-11-27-15-31/h1-2,4-9,11,13-15H,3,10,12H2,(H,28,30). The number of imidazole rings is 1. The van der Waals surface area contributed by atoms with E-state index >= 15 is 0 Å². The molecule has 9 heteroatoms. The van der Waals surface area contributed by atoms with E-state index in [1.165, 1.54) is 12.1 Å². The molecule has 0 aliphatic heterocycles. The van der Waals surface area contributed by atoms with Crippen LogP contribution in [0.2, 0.25) is 0 Å². The molecule has 2 aromatic carbocycles. The molecule has 0 amide bonds. The maximum absolute atomic E-state index is 12.9. The number of benzene rings is 2. The van der Waals surface area contributed by atoms with E-state index in [-0.39, 0.29) is 0 Å². The molecule has 6 nitrogen and oxygen atoms in total. The second kappa shape index (κ2) is 7.99. The lowest BCUT2D eigenvalue weighted by atomic mass is 10.1. The molecule has 162 valence electrons. The predicted octanol–water partition coefficient (Wildman–Crippen LogP) is 5.27. The van der Waals surface area contributed by atoms with Gasteiger partial charge in [-0.25, -0.2) is 14.5 Å². The van der Waals surface area contributed by atoms with E-state index in [0.29, 0.717) is 29.1 Å². The summed E-state index contributed by atoms with van der Waals surface area (Å²) in [7, 11) is 0. The molecule has 0 aliphatic rings. The molecule has 0 saturated heterocycles. The lowest BCUT2D eigenvalue weighted by molar-refractivity contribution is -0.137. The summed E-state index contributed by atoms with van der Waals surface area (Å²) in [6.07, 6.45) is 3.59. The van der Waals surface area contributed by atoms with Crippen LogP contribution < -0.4 is 5.32 Å². The molecule has 0 unspecified atom stereocenters. The number of aryl methyl sites for hydroxylation is 1. The van der Waals surface area contributed by atoms with Crippen molar-refractivity contribution in [3.8, 4) is 11.1 Å². The lowest BCUT2D eigenvalue weighted by Gasteiger charge is -2.11. The topological polar surface area (TPSA) is 60.0 Å². The zero-order valence-electron chi connectivity index (χ0n) is 16.9. The van der Waals surface area contributed by atoms with E-state index in [0.717, 1.165) is 36.0 Å². The van der Waals surface area contributed by atoms with Crippen molar-refractivity contribution in [2.45, 2.75) is 19.1 Å². The Morgan fingerprint density at radius 2 is 1.81 bits per heavy atom. The molecule has 5 rings (SSSR count). The van der Waals surface area contributed by atoms with Crippen LogP contribution in [0.15, 0.2) is 73.4 Å². The molecule has 3 aromatic heterocycles. The molecular formula is C23H19F3N6. The molecule has 0 radical (unpaired) electrons. The van der Waals surface area contributed by atoms with Crippen molar-refractivity contribution in [3.05, 3.63) is 79.0 Å². The molecule has 32 heavy (non-hydrogen) atoms. The van der Waals surface area contributed by atoms with Crippen LogP contribution in [-0.4, -0.2) is 30.7 Å². The molecule has 1 N–H and O–H groups in total. The summed E-state index contributed by atoms with van der Waals surface area (Å²) in [5.74, 6) is 0.715. The van der Waals surface area contributed by atoms with Gasteiger partial charge in [0.15, 0.2) is 5.65 Å². The molecule has 0 bridgehead atoms. The van der Waals surface area contributed by atoms with Crippen LogP contribution in [0, 0.1) is 0 Å². The highest BCUT2D eigenvalue weighted by Crippen LogP contribution is 2.33. The van der Waals surface area contributed by atoms with Crippen molar-refractivity contribution >= 4 is 22.4 Å². The summed E-state index contributed by atoms with van der Waals surface area (Å²) < 4.78 is 42.5. The molecule has 0 fully saturated rings. The summed E-state index contributed by atoms with van der Waals surface area (Å²) in [5.41, 5.74) is 2.07. The Labute approximate surface area is 181 Å². The van der Waals surface area contributed by atoms with Crippen molar-refractivity contribution in [1.29, 1.82) is 0 Å². The fourth-order valence-corrected chi connectivity index (χ4v) is 3.72. The number of fused-ring (bicyclic) bond motifs is 3. The molecular weight excluding hydrogens is 417 g/mol. The molecule has 0 spiro atoms. The summed E-state index contributed by atoms with van der Waals surface area (Å²) in [5, 5.41) is 8.79. The van der Waals surface area contributed by atoms with Gasteiger partial charge >= 0.3 is 6.18 Å². The third-order valence-corrected chi connectivity index (χ3v) is 5.32. The number of hydrogen-bond donors (Lipinski definition) is 1. The van der Waals surface area contributed by atoms with Gasteiger partial charge in [-0.1, -0.05) is 24.3 Å². The average Bonchev–Trinajstić information content (AvgIpc) is 3.46. The second-order valence-corrected chi connectivity index (χ2v) is 7.43. The van der Waals surface area contributed by atoms with Crippen LogP contribution in [-0.2, 0) is 12.7 Å². The molecule has 3 heterocycles. The minimum atomic E-state index is -4.37. The Morgan fingerprint density at radius 1 is 1.00 bits per heavy atom. The number of nitrogens with one attached hydrogen (secondary N) is 1. The van der Waals surface area contributed by atoms with E-state index in [9.17, 15) is 13.2 Å². The van der Waals surface area contributed by atoms with Gasteiger partial charge in [0, 0.05) is 36.4 Å². The first kappa shape index (κ1) is 20.0. The van der Waals surface area contributed by atoms with Crippen LogP contribution in [0.25, 0.3) is 27.7 Å². The first-order valence-electron chi connectivity index (χ1n) is 10.1. The van der Waals surface area contributed by atoms with E-state index in [1.54, 1.807) is 23.2 Å². The van der Waals surface area contributed by atoms with Gasteiger partial charge in [-0.3, -0.25) is 0 Å². The highest BCUT2D eigenvalue weighted by atomic mass is 19.4.